The van der Waals surface area contributed by atoms with Crippen molar-refractivity contribution in [3.63, 3.8) is 0 Å². The molecule has 0 amide bonds. The first-order valence-corrected chi connectivity index (χ1v) is 24.9. The summed E-state index contributed by atoms with van der Waals surface area (Å²) in [6.07, 6.45) is 2.33. The lowest BCUT2D eigenvalue weighted by atomic mass is 9.57. The van der Waals surface area contributed by atoms with E-state index in [4.69, 9.17) is 4.98 Å². The molecule has 0 bridgehead atoms. The molecule has 2 aliphatic carbocycles. The molecule has 4 nitrogen and oxygen atoms in total. The number of aromatic nitrogens is 3. The molecule has 1 aliphatic heterocycles. The molecule has 12 rings (SSSR count). The minimum atomic E-state index is -0.280. The zero-order valence-electron chi connectivity index (χ0n) is 42.4. The van der Waals surface area contributed by atoms with Crippen molar-refractivity contribution >= 4 is 62.4 Å². The molecule has 3 aliphatic rings. The molecule has 3 heterocycles. The highest BCUT2D eigenvalue weighted by Gasteiger charge is 2.44. The summed E-state index contributed by atoms with van der Waals surface area (Å²) >= 11 is 0. The number of nitrogens with zero attached hydrogens (tertiary/aromatic N) is 3. The Morgan fingerprint density at radius 2 is 1.26 bits per heavy atom. The maximum Gasteiger partial charge on any atom is 0.198 e. The fourth-order valence-corrected chi connectivity index (χ4v) is 12.4. The molecule has 1 radical (unpaired) electrons. The molecule has 7 aromatic carbocycles. The summed E-state index contributed by atoms with van der Waals surface area (Å²) in [6.45, 7) is 28.7. The highest BCUT2D eigenvalue weighted by atomic mass is 15.1. The van der Waals surface area contributed by atoms with Crippen LogP contribution in [0, 0.1) is 0 Å². The average Bonchev–Trinajstić information content (AvgIpc) is 3.88. The zero-order chi connectivity index (χ0) is 47.6. The van der Waals surface area contributed by atoms with Crippen LogP contribution in [0.3, 0.4) is 0 Å². The summed E-state index contributed by atoms with van der Waals surface area (Å²) in [5, 5.41) is 6.75. The molecule has 0 fully saturated rings. The van der Waals surface area contributed by atoms with Gasteiger partial charge in [0, 0.05) is 56.9 Å². The van der Waals surface area contributed by atoms with Crippen LogP contribution in [0.15, 0.2) is 121 Å². The van der Waals surface area contributed by atoms with E-state index in [1.807, 2.05) is 0 Å². The number of hydrogen-bond donors (Lipinski definition) is 1. The van der Waals surface area contributed by atoms with Crippen molar-refractivity contribution in [2.24, 2.45) is 7.05 Å². The van der Waals surface area contributed by atoms with E-state index in [-0.39, 0.29) is 27.1 Å². The van der Waals surface area contributed by atoms with Crippen molar-refractivity contribution in [1.29, 1.82) is 0 Å². The molecule has 5 heteroatoms. The molecule has 9 aromatic rings. The highest BCUT2D eigenvalue weighted by Crippen LogP contribution is 2.58. The van der Waals surface area contributed by atoms with Gasteiger partial charge >= 0.3 is 0 Å². The Hall–Kier alpha value is -6.33. The molecule has 0 spiro atoms. The van der Waals surface area contributed by atoms with Gasteiger partial charge in [0.05, 0.1) is 16.6 Å². The van der Waals surface area contributed by atoms with Gasteiger partial charge in [-0.2, -0.15) is 0 Å². The number of fused-ring (bicyclic) bond motifs is 11. The van der Waals surface area contributed by atoms with Crippen LogP contribution >= 0.6 is 0 Å². The summed E-state index contributed by atoms with van der Waals surface area (Å²) < 4.78 is 4.96. The summed E-state index contributed by atoms with van der Waals surface area (Å²) in [6, 6.07) is 46.2. The largest absolute Gasteiger partial charge is 0.355 e. The van der Waals surface area contributed by atoms with Gasteiger partial charge in [0.25, 0.3) is 0 Å². The van der Waals surface area contributed by atoms with Crippen molar-refractivity contribution in [3.8, 4) is 39.3 Å². The van der Waals surface area contributed by atoms with E-state index in [0.717, 1.165) is 40.2 Å². The number of nitrogens with one attached hydrogen (secondary N) is 1. The molecule has 68 heavy (non-hydrogen) atoms. The molecule has 0 atom stereocenters. The lowest BCUT2D eigenvalue weighted by Crippen LogP contribution is -2.38. The first-order valence-electron chi connectivity index (χ1n) is 24.9. The number of imidazole rings is 1. The molecule has 1 N–H and O–H groups in total. The predicted octanol–water partition coefficient (Wildman–Crippen LogP) is 15.0. The number of benzene rings is 7. The zero-order valence-corrected chi connectivity index (χ0v) is 42.4. The number of rotatable bonds is 4. The minimum absolute atomic E-state index is 0.0421. The Bertz CT molecular complexity index is 3600. The predicted molar refractivity (Wildman–Crippen MR) is 291 cm³/mol. The third-order valence-electron chi connectivity index (χ3n) is 16.5. The highest BCUT2D eigenvalue weighted by molar-refractivity contribution is 6.74. The Balaban J connectivity index is 1.25. The van der Waals surface area contributed by atoms with Crippen LogP contribution in [0.1, 0.15) is 129 Å². The topological polar surface area (TPSA) is 34.8 Å². The number of anilines is 2. The Kier molecular flexibility index (Phi) is 8.93. The summed E-state index contributed by atoms with van der Waals surface area (Å²) in [4.78, 5) is 5.37. The van der Waals surface area contributed by atoms with Gasteiger partial charge in [0.2, 0.25) is 0 Å². The van der Waals surface area contributed by atoms with Crippen LogP contribution in [0.25, 0.3) is 72.2 Å². The third-order valence-corrected chi connectivity index (χ3v) is 16.5. The molecule has 0 saturated carbocycles. The lowest BCUT2D eigenvalue weighted by Gasteiger charge is -2.42. The van der Waals surface area contributed by atoms with Crippen LogP contribution in [-0.2, 0) is 34.1 Å². The van der Waals surface area contributed by atoms with Gasteiger partial charge in [-0.15, -0.1) is 0 Å². The van der Waals surface area contributed by atoms with Crippen molar-refractivity contribution in [3.05, 3.63) is 155 Å². The molecule has 0 saturated heterocycles. The fraction of sp³-hybridized carbons (Fsp3) is 0.317. The SMILES string of the molecule is Cn1c(-c2ccccc2)nc2cc3c(cc21)-n1c2cc4c(cc2c2c5c(c(-c6cc(C(C)(C)C)ccc6Nc6ccc(C(C)(C)C)cc6)c(c21)[B]3)-c1ccccc1C5(C)C)C(C)(C)CCC4(C)C. The van der Waals surface area contributed by atoms with Gasteiger partial charge in [-0.05, 0) is 139 Å². The van der Waals surface area contributed by atoms with Gasteiger partial charge in [0.1, 0.15) is 5.82 Å². The molecule has 339 valence electrons. The lowest BCUT2D eigenvalue weighted by molar-refractivity contribution is 0.332. The Labute approximate surface area is 404 Å². The Morgan fingerprint density at radius 1 is 0.618 bits per heavy atom. The fourth-order valence-electron chi connectivity index (χ4n) is 12.4. The number of aryl methyl sites for hydroxylation is 1. The molecular formula is C63H64BN4. The van der Waals surface area contributed by atoms with E-state index in [9.17, 15) is 0 Å². The van der Waals surface area contributed by atoms with E-state index in [1.165, 1.54) is 100 Å². The van der Waals surface area contributed by atoms with Gasteiger partial charge in [-0.1, -0.05) is 161 Å². The first kappa shape index (κ1) is 43.0. The maximum absolute atomic E-state index is 5.37. The van der Waals surface area contributed by atoms with Gasteiger partial charge in [-0.3, -0.25) is 0 Å². The Morgan fingerprint density at radius 3 is 1.96 bits per heavy atom. The average molecular weight is 888 g/mol. The molecule has 0 unspecified atom stereocenters. The van der Waals surface area contributed by atoms with Gasteiger partial charge < -0.3 is 14.5 Å². The normalized spacial score (nSPS) is 16.4. The second-order valence-corrected chi connectivity index (χ2v) is 24.3. The van der Waals surface area contributed by atoms with Crippen LogP contribution in [0.5, 0.6) is 0 Å². The van der Waals surface area contributed by atoms with Crippen LogP contribution in [0.2, 0.25) is 0 Å². The third kappa shape index (κ3) is 6.16. The van der Waals surface area contributed by atoms with Gasteiger partial charge in [-0.25, -0.2) is 4.98 Å². The van der Waals surface area contributed by atoms with E-state index >= 15 is 0 Å². The second-order valence-electron chi connectivity index (χ2n) is 24.3. The summed E-state index contributed by atoms with van der Waals surface area (Å²) in [5.74, 6) is 0.976. The van der Waals surface area contributed by atoms with Gasteiger partial charge in [0.15, 0.2) is 7.28 Å². The first-order chi connectivity index (χ1) is 32.1. The van der Waals surface area contributed by atoms with E-state index in [2.05, 4.69) is 233 Å². The monoisotopic (exact) mass is 888 g/mol. The molecule has 2 aromatic heterocycles. The van der Waals surface area contributed by atoms with Crippen molar-refractivity contribution < 1.29 is 0 Å². The molecular weight excluding hydrogens is 824 g/mol. The van der Waals surface area contributed by atoms with Crippen LogP contribution in [0.4, 0.5) is 11.4 Å². The van der Waals surface area contributed by atoms with Crippen molar-refractivity contribution in [2.75, 3.05) is 5.32 Å². The maximum atomic E-state index is 5.37. The van der Waals surface area contributed by atoms with E-state index in [1.54, 1.807) is 0 Å². The van der Waals surface area contributed by atoms with Crippen molar-refractivity contribution in [1.82, 2.24) is 14.1 Å². The van der Waals surface area contributed by atoms with Crippen LogP contribution < -0.4 is 16.2 Å². The smallest absolute Gasteiger partial charge is 0.198 e. The standard InChI is InChI=1S/C63H64BN4/c1-59(2,3)37-23-26-39(27-24-37)65-47-28-25-38(60(4,5)6)31-41(47)53-52-40-21-17-18-22-43(40)63(11,12)55(52)54-42-32-44-45(62(9,10)30-29-61(44,7)8)33-49(42)68-50-35-51-48(34-46(50)64-56(53)57(54)68)66-58(67(51)13)36-19-15-14-16-20-36/h14-28,31-35,65H,29-30H2,1-13H3. The second kappa shape index (κ2) is 14.1. The van der Waals surface area contributed by atoms with Crippen molar-refractivity contribution in [2.45, 2.75) is 123 Å². The van der Waals surface area contributed by atoms with Crippen LogP contribution in [-0.4, -0.2) is 21.4 Å². The van der Waals surface area contributed by atoms with E-state index in [0.29, 0.717) is 0 Å². The number of hydrogen-bond acceptors (Lipinski definition) is 2. The summed E-state index contributed by atoms with van der Waals surface area (Å²) in [7, 11) is 4.70. The van der Waals surface area contributed by atoms with E-state index < -0.39 is 0 Å². The quantitative estimate of drug-likeness (QED) is 0.179. The summed E-state index contributed by atoms with van der Waals surface area (Å²) in [5.41, 5.74) is 25.1. The minimum Gasteiger partial charge on any atom is -0.355 e.